The van der Waals surface area contributed by atoms with Gasteiger partial charge in [0.2, 0.25) is 0 Å². The molecule has 0 unspecified atom stereocenters. The maximum atomic E-state index is 13.0. The predicted molar refractivity (Wildman–Crippen MR) is 118 cm³/mol. The molecule has 2 aliphatic heterocycles. The number of piperidine rings is 1. The quantitative estimate of drug-likeness (QED) is 0.590. The molecule has 2 fully saturated rings. The average molecular weight is 424 g/mol. The van der Waals surface area contributed by atoms with Gasteiger partial charge < -0.3 is 4.90 Å². The Balaban J connectivity index is 1.64. The first-order valence-electron chi connectivity index (χ1n) is 9.96. The molecule has 30 heavy (non-hydrogen) atoms. The van der Waals surface area contributed by atoms with E-state index in [0.29, 0.717) is 10.7 Å². The molecule has 0 saturated carbocycles. The molecule has 7 heteroatoms. The number of barbiturate groups is 1. The van der Waals surface area contributed by atoms with Crippen LogP contribution in [-0.4, -0.2) is 30.9 Å². The van der Waals surface area contributed by atoms with Crippen molar-refractivity contribution in [3.63, 3.8) is 0 Å². The van der Waals surface area contributed by atoms with Gasteiger partial charge >= 0.3 is 6.03 Å². The number of carbonyl (C=O) groups excluding carboxylic acids is 3. The highest BCUT2D eigenvalue weighted by Gasteiger charge is 2.36. The van der Waals surface area contributed by atoms with Crippen LogP contribution in [0.15, 0.2) is 48.0 Å². The molecule has 2 aromatic carbocycles. The smallest absolute Gasteiger partial charge is 0.335 e. The van der Waals surface area contributed by atoms with Crippen molar-refractivity contribution in [2.75, 3.05) is 22.9 Å². The summed E-state index contributed by atoms with van der Waals surface area (Å²) in [6.07, 6.45) is 5.18. The number of amides is 4. The molecular formula is C23H22ClN3O3. The summed E-state index contributed by atoms with van der Waals surface area (Å²) in [5, 5.41) is 2.73. The summed E-state index contributed by atoms with van der Waals surface area (Å²) in [6.45, 7) is 4.03. The molecule has 0 spiro atoms. The van der Waals surface area contributed by atoms with Crippen LogP contribution >= 0.6 is 11.6 Å². The van der Waals surface area contributed by atoms with Crippen molar-refractivity contribution in [2.24, 2.45) is 0 Å². The molecule has 2 heterocycles. The Morgan fingerprint density at radius 2 is 1.60 bits per heavy atom. The second kappa shape index (κ2) is 8.32. The number of nitrogens with zero attached hydrogens (tertiary/aromatic N) is 2. The molecule has 2 aromatic rings. The summed E-state index contributed by atoms with van der Waals surface area (Å²) in [6, 6.07) is 11.5. The molecule has 2 saturated heterocycles. The van der Waals surface area contributed by atoms with Crippen molar-refractivity contribution in [3.05, 3.63) is 64.2 Å². The number of benzene rings is 2. The molecule has 0 bridgehead atoms. The third-order valence-corrected chi connectivity index (χ3v) is 5.71. The van der Waals surface area contributed by atoms with Crippen LogP contribution in [-0.2, 0) is 9.59 Å². The van der Waals surface area contributed by atoms with Crippen LogP contribution in [0.2, 0.25) is 5.02 Å². The Morgan fingerprint density at radius 3 is 2.27 bits per heavy atom. The highest BCUT2D eigenvalue weighted by molar-refractivity contribution is 6.39. The van der Waals surface area contributed by atoms with Crippen LogP contribution in [0.3, 0.4) is 0 Å². The maximum Gasteiger partial charge on any atom is 0.335 e. The van der Waals surface area contributed by atoms with Crippen LogP contribution in [0.5, 0.6) is 0 Å². The molecule has 2 aliphatic rings. The van der Waals surface area contributed by atoms with E-state index in [1.807, 2.05) is 19.1 Å². The standard InChI is InChI=1S/C23H22ClN3O3/c1-15-13-19(26-11-3-2-4-12-26)8-5-16(15)14-20-21(28)25-23(30)27(22(20)29)18-9-6-17(24)7-10-18/h5-10,13-14H,2-4,11-12H2,1H3,(H,25,28,30)/b20-14+. The topological polar surface area (TPSA) is 69.7 Å². The van der Waals surface area contributed by atoms with E-state index in [0.717, 1.165) is 34.8 Å². The molecule has 0 atom stereocenters. The van der Waals surface area contributed by atoms with Crippen molar-refractivity contribution in [1.82, 2.24) is 5.32 Å². The van der Waals surface area contributed by atoms with Gasteiger partial charge in [-0.2, -0.15) is 0 Å². The summed E-state index contributed by atoms with van der Waals surface area (Å²) < 4.78 is 0. The van der Waals surface area contributed by atoms with Gasteiger partial charge in [0.1, 0.15) is 5.57 Å². The number of nitrogens with one attached hydrogen (secondary N) is 1. The van der Waals surface area contributed by atoms with Gasteiger partial charge in [-0.1, -0.05) is 17.7 Å². The summed E-state index contributed by atoms with van der Waals surface area (Å²) in [5.74, 6) is -1.36. The Kier molecular flexibility index (Phi) is 5.59. The monoisotopic (exact) mass is 423 g/mol. The van der Waals surface area contributed by atoms with Gasteiger partial charge in [0.05, 0.1) is 5.69 Å². The van der Waals surface area contributed by atoms with E-state index >= 15 is 0 Å². The number of hydrogen-bond acceptors (Lipinski definition) is 4. The number of halogens is 1. The Hall–Kier alpha value is -3.12. The first kappa shape index (κ1) is 20.2. The zero-order chi connectivity index (χ0) is 21.3. The van der Waals surface area contributed by atoms with E-state index < -0.39 is 17.8 Å². The van der Waals surface area contributed by atoms with Crippen LogP contribution in [0.25, 0.3) is 6.08 Å². The Morgan fingerprint density at radius 1 is 0.933 bits per heavy atom. The number of aryl methyl sites for hydroxylation is 1. The number of carbonyl (C=O) groups is 3. The number of imide groups is 2. The Bertz CT molecular complexity index is 1040. The van der Waals surface area contributed by atoms with Crippen molar-refractivity contribution < 1.29 is 14.4 Å². The fourth-order valence-corrected chi connectivity index (χ4v) is 3.93. The van der Waals surface area contributed by atoms with Crippen molar-refractivity contribution in [3.8, 4) is 0 Å². The molecule has 0 aromatic heterocycles. The zero-order valence-electron chi connectivity index (χ0n) is 16.7. The van der Waals surface area contributed by atoms with Gasteiger partial charge in [0.15, 0.2) is 0 Å². The SMILES string of the molecule is Cc1cc(N2CCCCC2)ccc1/C=C1\C(=O)NC(=O)N(c2ccc(Cl)cc2)C1=O. The largest absolute Gasteiger partial charge is 0.372 e. The van der Waals surface area contributed by atoms with Crippen molar-refractivity contribution >= 4 is 46.9 Å². The van der Waals surface area contributed by atoms with Gasteiger partial charge in [-0.25, -0.2) is 9.69 Å². The number of rotatable bonds is 3. The van der Waals surface area contributed by atoms with E-state index in [9.17, 15) is 14.4 Å². The van der Waals surface area contributed by atoms with E-state index in [2.05, 4.69) is 16.3 Å². The van der Waals surface area contributed by atoms with Crippen molar-refractivity contribution in [2.45, 2.75) is 26.2 Å². The van der Waals surface area contributed by atoms with Gasteiger partial charge in [-0.3, -0.25) is 14.9 Å². The highest BCUT2D eigenvalue weighted by Crippen LogP contribution is 2.26. The number of anilines is 2. The fourth-order valence-electron chi connectivity index (χ4n) is 3.81. The summed E-state index contributed by atoms with van der Waals surface area (Å²) in [4.78, 5) is 41.0. The minimum atomic E-state index is -0.776. The first-order valence-corrected chi connectivity index (χ1v) is 10.3. The normalized spacial score (nSPS) is 18.7. The third-order valence-electron chi connectivity index (χ3n) is 5.46. The lowest BCUT2D eigenvalue weighted by Crippen LogP contribution is -2.54. The second-order valence-electron chi connectivity index (χ2n) is 7.52. The lowest BCUT2D eigenvalue weighted by Gasteiger charge is -2.29. The minimum absolute atomic E-state index is 0.0848. The van der Waals surface area contributed by atoms with E-state index in [4.69, 9.17) is 11.6 Å². The maximum absolute atomic E-state index is 13.0. The molecule has 0 radical (unpaired) electrons. The van der Waals surface area contributed by atoms with Crippen LogP contribution in [0.1, 0.15) is 30.4 Å². The molecule has 6 nitrogen and oxygen atoms in total. The van der Waals surface area contributed by atoms with Crippen molar-refractivity contribution in [1.29, 1.82) is 0 Å². The molecular weight excluding hydrogens is 402 g/mol. The van der Waals surface area contributed by atoms with E-state index in [1.165, 1.54) is 19.3 Å². The second-order valence-corrected chi connectivity index (χ2v) is 7.96. The first-order chi connectivity index (χ1) is 14.4. The lowest BCUT2D eigenvalue weighted by atomic mass is 10.0. The molecule has 1 N–H and O–H groups in total. The van der Waals surface area contributed by atoms with E-state index in [1.54, 1.807) is 30.3 Å². The van der Waals surface area contributed by atoms with Crippen LogP contribution in [0, 0.1) is 6.92 Å². The summed E-state index contributed by atoms with van der Waals surface area (Å²) in [7, 11) is 0. The fraction of sp³-hybridized carbons (Fsp3) is 0.261. The Labute approximate surface area is 180 Å². The zero-order valence-corrected chi connectivity index (χ0v) is 17.4. The predicted octanol–water partition coefficient (Wildman–Crippen LogP) is 4.31. The third kappa shape index (κ3) is 3.96. The highest BCUT2D eigenvalue weighted by atomic mass is 35.5. The average Bonchev–Trinajstić information content (AvgIpc) is 2.74. The van der Waals surface area contributed by atoms with Gasteiger partial charge in [-0.05, 0) is 79.8 Å². The molecule has 154 valence electrons. The number of urea groups is 1. The van der Waals surface area contributed by atoms with Gasteiger partial charge in [0, 0.05) is 23.8 Å². The van der Waals surface area contributed by atoms with Crippen LogP contribution in [0.4, 0.5) is 16.2 Å². The molecule has 4 rings (SSSR count). The van der Waals surface area contributed by atoms with Crippen LogP contribution < -0.4 is 15.1 Å². The van der Waals surface area contributed by atoms with Gasteiger partial charge in [0.25, 0.3) is 11.8 Å². The summed E-state index contributed by atoms with van der Waals surface area (Å²) in [5.41, 5.74) is 3.13. The minimum Gasteiger partial charge on any atom is -0.372 e. The lowest BCUT2D eigenvalue weighted by molar-refractivity contribution is -0.122. The number of hydrogen-bond donors (Lipinski definition) is 1. The summed E-state index contributed by atoms with van der Waals surface area (Å²) >= 11 is 5.90. The van der Waals surface area contributed by atoms with E-state index in [-0.39, 0.29) is 5.57 Å². The molecule has 0 aliphatic carbocycles. The van der Waals surface area contributed by atoms with Gasteiger partial charge in [-0.15, -0.1) is 0 Å². The molecule has 4 amide bonds.